The van der Waals surface area contributed by atoms with Crippen LogP contribution in [0.3, 0.4) is 0 Å². The van der Waals surface area contributed by atoms with Gasteiger partial charge in [-0.3, -0.25) is 0 Å². The van der Waals surface area contributed by atoms with Crippen LogP contribution in [0.4, 0.5) is 17.5 Å². The minimum absolute atomic E-state index is 0.536. The van der Waals surface area contributed by atoms with Gasteiger partial charge in [-0.1, -0.05) is 43.1 Å². The first kappa shape index (κ1) is 24.3. The highest BCUT2D eigenvalue weighted by molar-refractivity contribution is 6.38. The molecule has 0 fully saturated rings. The van der Waals surface area contributed by atoms with Crippen molar-refractivity contribution in [2.24, 2.45) is 0 Å². The molecule has 178 valence electrons. The number of fused-ring (bicyclic) bond motifs is 1. The molecule has 0 atom stereocenters. The van der Waals surface area contributed by atoms with Crippen LogP contribution in [0.5, 0.6) is 5.75 Å². The number of hydrogen-bond acceptors (Lipinski definition) is 6. The number of hydrogen-bond donors (Lipinski definition) is 1. The van der Waals surface area contributed by atoms with E-state index in [4.69, 9.17) is 32.9 Å². The van der Waals surface area contributed by atoms with Crippen LogP contribution in [0.2, 0.25) is 10.0 Å². The summed E-state index contributed by atoms with van der Waals surface area (Å²) in [5, 5.41) is 4.55. The maximum Gasteiger partial charge on any atom is 0.229 e. The molecule has 1 aromatic heterocycles. The molecule has 0 aliphatic carbocycles. The minimum Gasteiger partial charge on any atom is -0.492 e. The summed E-state index contributed by atoms with van der Waals surface area (Å²) in [5.41, 5.74) is 3.70. The van der Waals surface area contributed by atoms with Crippen molar-refractivity contribution in [2.75, 3.05) is 50.1 Å². The van der Waals surface area contributed by atoms with Gasteiger partial charge in [0.2, 0.25) is 5.95 Å². The number of benzene rings is 2. The van der Waals surface area contributed by atoms with E-state index in [2.05, 4.69) is 40.0 Å². The Labute approximate surface area is 211 Å². The summed E-state index contributed by atoms with van der Waals surface area (Å²) in [7, 11) is 2.00. The molecule has 1 aliphatic heterocycles. The molecule has 0 bridgehead atoms. The van der Waals surface area contributed by atoms with Crippen LogP contribution >= 0.6 is 23.2 Å². The van der Waals surface area contributed by atoms with E-state index >= 15 is 0 Å². The Bertz CT molecular complexity index is 1140. The molecular weight excluding hydrogens is 469 g/mol. The first-order valence-electron chi connectivity index (χ1n) is 11.4. The highest BCUT2D eigenvalue weighted by atomic mass is 35.5. The number of ether oxygens (including phenoxy) is 1. The summed E-state index contributed by atoms with van der Waals surface area (Å²) >= 11 is 12.8. The quantitative estimate of drug-likeness (QED) is 0.377. The van der Waals surface area contributed by atoms with Crippen LogP contribution < -0.4 is 15.0 Å². The highest BCUT2D eigenvalue weighted by Gasteiger charge is 2.21. The van der Waals surface area contributed by atoms with Gasteiger partial charge < -0.3 is 19.9 Å². The molecule has 0 radical (unpaired) electrons. The number of rotatable bonds is 9. The predicted molar refractivity (Wildman–Crippen MR) is 143 cm³/mol. The highest BCUT2D eigenvalue weighted by Crippen LogP contribution is 2.37. The second kappa shape index (κ2) is 11.1. The Morgan fingerprint density at radius 3 is 2.44 bits per heavy atom. The molecular formula is C26H29Cl2N5O. The maximum absolute atomic E-state index is 6.42. The van der Waals surface area contributed by atoms with Crippen LogP contribution in [0.1, 0.15) is 25.0 Å². The van der Waals surface area contributed by atoms with E-state index in [0.29, 0.717) is 29.1 Å². The largest absolute Gasteiger partial charge is 0.492 e. The third-order valence-electron chi connectivity index (χ3n) is 5.86. The Morgan fingerprint density at radius 2 is 1.76 bits per heavy atom. The fourth-order valence-corrected chi connectivity index (χ4v) is 4.61. The van der Waals surface area contributed by atoms with Gasteiger partial charge in [0.15, 0.2) is 0 Å². The average molecular weight is 498 g/mol. The second-order valence-electron chi connectivity index (χ2n) is 8.12. The Morgan fingerprint density at radius 1 is 1.06 bits per heavy atom. The van der Waals surface area contributed by atoms with Crippen LogP contribution in [-0.2, 0) is 0 Å². The topological polar surface area (TPSA) is 53.5 Å². The molecule has 0 unspecified atom stereocenters. The molecule has 6 nitrogen and oxygen atoms in total. The van der Waals surface area contributed by atoms with Gasteiger partial charge in [-0.15, -0.1) is 0 Å². The van der Waals surface area contributed by atoms with Crippen LogP contribution in [0, 0.1) is 0 Å². The van der Waals surface area contributed by atoms with Crippen molar-refractivity contribution < 1.29 is 4.74 Å². The van der Waals surface area contributed by atoms with Crippen LogP contribution in [0.25, 0.3) is 11.6 Å². The summed E-state index contributed by atoms with van der Waals surface area (Å²) in [5.74, 6) is 2.23. The molecule has 2 aromatic carbocycles. The first-order valence-corrected chi connectivity index (χ1v) is 12.2. The Hall–Kier alpha value is -2.80. The molecule has 0 saturated carbocycles. The van der Waals surface area contributed by atoms with Gasteiger partial charge in [0.25, 0.3) is 0 Å². The van der Waals surface area contributed by atoms with Gasteiger partial charge in [0.1, 0.15) is 18.2 Å². The van der Waals surface area contributed by atoms with Crippen molar-refractivity contribution in [1.82, 2.24) is 14.9 Å². The van der Waals surface area contributed by atoms with Crippen molar-refractivity contribution in [1.29, 1.82) is 0 Å². The Kier molecular flexibility index (Phi) is 7.93. The summed E-state index contributed by atoms with van der Waals surface area (Å²) < 4.78 is 5.86. The van der Waals surface area contributed by atoms with Crippen molar-refractivity contribution in [2.45, 2.75) is 13.8 Å². The van der Waals surface area contributed by atoms with Gasteiger partial charge in [-0.2, -0.15) is 4.98 Å². The second-order valence-corrected chi connectivity index (χ2v) is 8.93. The molecule has 1 N–H and O–H groups in total. The molecule has 0 spiro atoms. The molecule has 0 amide bonds. The number of nitrogens with zero attached hydrogens (tertiary/aromatic N) is 4. The van der Waals surface area contributed by atoms with Crippen LogP contribution in [-0.4, -0.2) is 54.7 Å². The van der Waals surface area contributed by atoms with Crippen molar-refractivity contribution in [3.05, 3.63) is 69.8 Å². The minimum atomic E-state index is 0.536. The summed E-state index contributed by atoms with van der Waals surface area (Å²) in [6.45, 7) is 8.62. The smallest absolute Gasteiger partial charge is 0.229 e. The SMILES string of the molecule is CCN(CC)CCOc1ccc(Nc2ncc3c(n2)N(C)CC(c2c(Cl)cccc2Cl)=C3)cc1. The average Bonchev–Trinajstić information content (AvgIpc) is 2.83. The monoisotopic (exact) mass is 497 g/mol. The number of nitrogens with one attached hydrogen (secondary N) is 1. The molecule has 2 heterocycles. The van der Waals surface area contributed by atoms with Crippen LogP contribution in [0.15, 0.2) is 48.7 Å². The van der Waals surface area contributed by atoms with E-state index in [-0.39, 0.29) is 0 Å². The molecule has 1 aliphatic rings. The van der Waals surface area contributed by atoms with Crippen molar-refractivity contribution in [3.8, 4) is 5.75 Å². The van der Waals surface area contributed by atoms with E-state index in [9.17, 15) is 0 Å². The lowest BCUT2D eigenvalue weighted by molar-refractivity contribution is 0.223. The standard InChI is InChI=1S/C26H29Cl2N5O/c1-4-33(5-2)13-14-34-21-11-9-20(10-12-21)30-26-29-16-18-15-19(17-32(3)25(18)31-26)24-22(27)7-6-8-23(24)28/h6-12,15-16H,4-5,13-14,17H2,1-3H3,(H,29,30,31). The van der Waals surface area contributed by atoms with Crippen molar-refractivity contribution >= 4 is 52.3 Å². The number of halogens is 2. The Balaban J connectivity index is 1.45. The van der Waals surface area contributed by atoms with E-state index in [1.54, 1.807) is 0 Å². The zero-order chi connectivity index (χ0) is 24.1. The molecule has 8 heteroatoms. The van der Waals surface area contributed by atoms with Gasteiger partial charge in [0.05, 0.1) is 0 Å². The predicted octanol–water partition coefficient (Wildman–Crippen LogP) is 6.24. The van der Waals surface area contributed by atoms with Crippen molar-refractivity contribution in [3.63, 3.8) is 0 Å². The van der Waals surface area contributed by atoms with E-state index < -0.39 is 0 Å². The first-order chi connectivity index (χ1) is 16.5. The van der Waals surface area contributed by atoms with E-state index in [1.165, 1.54) is 0 Å². The molecule has 0 saturated heterocycles. The third kappa shape index (κ3) is 5.63. The lowest BCUT2D eigenvalue weighted by Gasteiger charge is -2.27. The van der Waals surface area contributed by atoms with Gasteiger partial charge in [0, 0.05) is 53.2 Å². The van der Waals surface area contributed by atoms with Gasteiger partial charge >= 0.3 is 0 Å². The summed E-state index contributed by atoms with van der Waals surface area (Å²) in [4.78, 5) is 13.6. The fraction of sp³-hybridized carbons (Fsp3) is 0.308. The normalized spacial score (nSPS) is 13.0. The summed E-state index contributed by atoms with van der Waals surface area (Å²) in [6, 6.07) is 13.4. The maximum atomic E-state index is 6.42. The number of aromatic nitrogens is 2. The number of anilines is 3. The third-order valence-corrected chi connectivity index (χ3v) is 6.49. The number of likely N-dealkylation sites (N-methyl/N-ethyl adjacent to an activating group) is 2. The molecule has 4 rings (SSSR count). The zero-order valence-electron chi connectivity index (χ0n) is 19.7. The van der Waals surface area contributed by atoms with E-state index in [1.807, 2.05) is 55.7 Å². The summed E-state index contributed by atoms with van der Waals surface area (Å²) in [6.07, 6.45) is 3.87. The zero-order valence-corrected chi connectivity index (χ0v) is 21.2. The fourth-order valence-electron chi connectivity index (χ4n) is 3.97. The van der Waals surface area contributed by atoms with E-state index in [0.717, 1.165) is 53.6 Å². The lowest BCUT2D eigenvalue weighted by Crippen LogP contribution is -2.27. The molecule has 3 aromatic rings. The van der Waals surface area contributed by atoms with Gasteiger partial charge in [-0.25, -0.2) is 4.98 Å². The lowest BCUT2D eigenvalue weighted by atomic mass is 10.00. The molecule has 34 heavy (non-hydrogen) atoms. The van der Waals surface area contributed by atoms with Gasteiger partial charge in [-0.05, 0) is 61.1 Å².